The second kappa shape index (κ2) is 27.8. The van der Waals surface area contributed by atoms with E-state index >= 15 is 0 Å². The minimum Gasteiger partial charge on any atom is -0.358 e. The molecule has 316 valence electrons. The number of nitrogens with two attached hydrogens (primary N) is 2. The number of thiol groups is 1. The van der Waals surface area contributed by atoms with E-state index in [1.165, 1.54) is 89.7 Å². The van der Waals surface area contributed by atoms with Crippen LogP contribution in [0, 0.1) is 6.92 Å². The van der Waals surface area contributed by atoms with Crippen LogP contribution in [-0.2, 0) is 19.4 Å². The molecule has 7 aromatic rings. The number of allylic oxidation sites excluding steroid dienone is 3. The smallest absolute Gasteiger partial charge is 0.0384 e. The van der Waals surface area contributed by atoms with Crippen LogP contribution in [-0.4, -0.2) is 13.3 Å². The highest BCUT2D eigenvalue weighted by Crippen LogP contribution is 2.36. The van der Waals surface area contributed by atoms with Crippen LogP contribution in [0.25, 0.3) is 39.1 Å². The predicted octanol–water partition coefficient (Wildman–Crippen LogP) is 13.0. The Labute approximate surface area is 372 Å². The quantitative estimate of drug-likeness (QED) is 0.121. The number of benzene rings is 7. The van der Waals surface area contributed by atoms with E-state index in [0.717, 1.165) is 19.3 Å². The zero-order valence-electron chi connectivity index (χ0n) is 37.5. The van der Waals surface area contributed by atoms with Gasteiger partial charge in [0.05, 0.1) is 0 Å². The molecule has 0 amide bonds. The normalized spacial score (nSPS) is 11.8. The van der Waals surface area contributed by atoms with E-state index in [4.69, 9.17) is 5.73 Å². The molecule has 0 aromatic heterocycles. The molecule has 0 spiro atoms. The number of anilines is 1. The zero-order chi connectivity index (χ0) is 44.4. The zero-order valence-corrected chi connectivity index (χ0v) is 38.4. The van der Waals surface area contributed by atoms with Gasteiger partial charge in [-0.05, 0) is 125 Å². The summed E-state index contributed by atoms with van der Waals surface area (Å²) in [7, 11) is 1.50. The lowest BCUT2D eigenvalue weighted by Gasteiger charge is -2.26. The van der Waals surface area contributed by atoms with E-state index in [9.17, 15) is 0 Å². The maximum atomic E-state index is 5.60. The molecule has 0 radical (unpaired) electrons. The topological polar surface area (TPSA) is 64.1 Å². The van der Waals surface area contributed by atoms with Crippen LogP contribution in [0.5, 0.6) is 0 Å². The number of hydrogen-bond acceptors (Lipinski definition) is 4. The molecule has 61 heavy (non-hydrogen) atoms. The molecule has 7 aromatic carbocycles. The minimum absolute atomic E-state index is 0.598. The molecule has 1 aliphatic rings. The fourth-order valence-electron chi connectivity index (χ4n) is 7.19. The molecule has 0 fully saturated rings. The number of rotatable bonds is 7. The Hall–Kier alpha value is -5.91. The predicted molar refractivity (Wildman–Crippen MR) is 275 cm³/mol. The van der Waals surface area contributed by atoms with Gasteiger partial charge in [-0.1, -0.05) is 197 Å². The lowest BCUT2D eigenvalue weighted by molar-refractivity contribution is 0.924. The van der Waals surface area contributed by atoms with Crippen molar-refractivity contribution in [3.8, 4) is 11.1 Å². The molecule has 8 rings (SSSR count). The van der Waals surface area contributed by atoms with Gasteiger partial charge in [-0.3, -0.25) is 0 Å². The van der Waals surface area contributed by atoms with Crippen molar-refractivity contribution < 1.29 is 0 Å². The van der Waals surface area contributed by atoms with Crippen LogP contribution in [0.2, 0.25) is 0 Å². The molecular weight excluding hydrogens is 759 g/mol. The summed E-state index contributed by atoms with van der Waals surface area (Å²) >= 11 is 3.53. The highest BCUT2D eigenvalue weighted by Gasteiger charge is 2.20. The lowest BCUT2D eigenvalue weighted by atomic mass is 9.84. The molecular formula is C57H67N3S. The van der Waals surface area contributed by atoms with E-state index in [0.29, 0.717) is 6.54 Å². The highest BCUT2D eigenvalue weighted by molar-refractivity contribution is 7.79. The molecule has 0 saturated carbocycles. The monoisotopic (exact) mass is 826 g/mol. The first kappa shape index (κ1) is 49.5. The van der Waals surface area contributed by atoms with Gasteiger partial charge in [-0.2, -0.15) is 12.6 Å². The average molecular weight is 826 g/mol. The molecule has 5 N–H and O–H groups in total. The third-order valence-corrected chi connectivity index (χ3v) is 10.1. The van der Waals surface area contributed by atoms with Crippen LogP contribution >= 0.6 is 12.6 Å². The molecule has 0 aliphatic heterocycles. The Morgan fingerprint density at radius 2 is 1.28 bits per heavy atom. The van der Waals surface area contributed by atoms with Gasteiger partial charge in [0.15, 0.2) is 0 Å². The third-order valence-electron chi connectivity index (χ3n) is 10.1. The second-order valence-corrected chi connectivity index (χ2v) is 13.9. The van der Waals surface area contributed by atoms with E-state index in [-0.39, 0.29) is 0 Å². The average Bonchev–Trinajstić information content (AvgIpc) is 3.34. The number of fused-ring (bicyclic) bond motifs is 2. The van der Waals surface area contributed by atoms with Crippen LogP contribution in [0.3, 0.4) is 0 Å². The van der Waals surface area contributed by atoms with Crippen molar-refractivity contribution in [3.63, 3.8) is 0 Å². The van der Waals surface area contributed by atoms with Crippen molar-refractivity contribution in [1.29, 1.82) is 0 Å². The summed E-state index contributed by atoms with van der Waals surface area (Å²) in [6, 6.07) is 59.7. The maximum absolute atomic E-state index is 5.60. The number of nitrogens with one attached hydrogen (secondary N) is 1. The molecule has 0 bridgehead atoms. The summed E-state index contributed by atoms with van der Waals surface area (Å²) in [6.45, 7) is 15.1. The van der Waals surface area contributed by atoms with E-state index in [2.05, 4.69) is 197 Å². The van der Waals surface area contributed by atoms with E-state index in [1.54, 1.807) is 6.26 Å². The van der Waals surface area contributed by atoms with Crippen molar-refractivity contribution in [3.05, 3.63) is 226 Å². The van der Waals surface area contributed by atoms with Crippen molar-refractivity contribution in [2.24, 2.45) is 11.5 Å². The second-order valence-electron chi connectivity index (χ2n) is 13.9. The lowest BCUT2D eigenvalue weighted by Crippen LogP contribution is -2.27. The van der Waals surface area contributed by atoms with E-state index < -0.39 is 0 Å². The Morgan fingerprint density at radius 1 is 0.656 bits per heavy atom. The van der Waals surface area contributed by atoms with Gasteiger partial charge in [-0.25, -0.2) is 0 Å². The number of aryl methyl sites for hydroxylation is 3. The van der Waals surface area contributed by atoms with Gasteiger partial charge in [0, 0.05) is 23.5 Å². The standard InChI is InChI=1S/C29H29N.C13H13N.C11H10.C2H6.CH5N.CH4S/c1-4-11-23-13-6-8-16-26(23)21(3)29-27-17-9-7-14-24(27)18-19-28(29)30-25-15-10-12-22(5-2)20-25;14-10-11-5-4-8-13(9-11)12-6-2-1-3-7-12;1-9-6-7-10-4-2-3-5-11(10)8-9;3*1-2/h4,6-17,20,30H,1,5,18-19H2,2-3H3;1-9H,10,14H2;2-8H,1H3;1-2H3;2H2,1H3;2H,1H3/b23-11-,26-21+;;;;;. The van der Waals surface area contributed by atoms with Crippen LogP contribution in [0.1, 0.15) is 61.9 Å². The largest absolute Gasteiger partial charge is 0.358 e. The SMILES string of the molecule is C=C/C=c1/cccc/c1=C(/C)C1=C(Nc2cccc(CC)c2)CCc2ccccc21.CC.CN.CS.Cc1ccc2ccccc2c1.NCc1cccc(-c2ccccc2)c1. The summed E-state index contributed by atoms with van der Waals surface area (Å²) in [6.07, 6.45) is 8.76. The van der Waals surface area contributed by atoms with Gasteiger partial charge in [0.1, 0.15) is 0 Å². The Balaban J connectivity index is 0.000000264. The van der Waals surface area contributed by atoms with Crippen molar-refractivity contribution in [1.82, 2.24) is 0 Å². The first-order valence-electron chi connectivity index (χ1n) is 21.4. The van der Waals surface area contributed by atoms with Gasteiger partial charge in [0.25, 0.3) is 0 Å². The molecule has 1 aliphatic carbocycles. The minimum atomic E-state index is 0.598. The van der Waals surface area contributed by atoms with Gasteiger partial charge >= 0.3 is 0 Å². The molecule has 0 saturated heterocycles. The molecule has 0 heterocycles. The van der Waals surface area contributed by atoms with E-state index in [1.807, 2.05) is 50.3 Å². The third kappa shape index (κ3) is 14.7. The Kier molecular flexibility index (Phi) is 22.5. The van der Waals surface area contributed by atoms with Crippen LogP contribution in [0.4, 0.5) is 5.69 Å². The number of hydrogen-bond donors (Lipinski definition) is 4. The summed E-state index contributed by atoms with van der Waals surface area (Å²) in [5.74, 6) is 0. The first-order chi connectivity index (χ1) is 30.0. The summed E-state index contributed by atoms with van der Waals surface area (Å²) in [5, 5.41) is 8.88. The van der Waals surface area contributed by atoms with Crippen molar-refractivity contribution >= 4 is 46.3 Å². The Bertz CT molecular complexity index is 2540. The van der Waals surface area contributed by atoms with Gasteiger partial charge in [0.2, 0.25) is 0 Å². The first-order valence-corrected chi connectivity index (χ1v) is 22.3. The molecule has 0 atom stereocenters. The van der Waals surface area contributed by atoms with Gasteiger partial charge in [-0.15, -0.1) is 0 Å². The maximum Gasteiger partial charge on any atom is 0.0384 e. The highest BCUT2D eigenvalue weighted by atomic mass is 32.1. The van der Waals surface area contributed by atoms with Crippen LogP contribution < -0.4 is 27.2 Å². The summed E-state index contributed by atoms with van der Waals surface area (Å²) in [4.78, 5) is 0. The fourth-order valence-corrected chi connectivity index (χ4v) is 7.19. The summed E-state index contributed by atoms with van der Waals surface area (Å²) in [5.41, 5.74) is 24.3. The molecule has 4 heteroatoms. The van der Waals surface area contributed by atoms with Crippen LogP contribution in [0.15, 0.2) is 188 Å². The van der Waals surface area contributed by atoms with Crippen molar-refractivity contribution in [2.45, 2.75) is 60.4 Å². The molecule has 3 nitrogen and oxygen atoms in total. The Morgan fingerprint density at radius 3 is 2.00 bits per heavy atom. The fraction of sp³-hybridized carbons (Fsp3) is 0.193. The summed E-state index contributed by atoms with van der Waals surface area (Å²) < 4.78 is 0. The molecule has 0 unspecified atom stereocenters. The van der Waals surface area contributed by atoms with Crippen molar-refractivity contribution in [2.75, 3.05) is 18.6 Å². The van der Waals surface area contributed by atoms with Gasteiger partial charge < -0.3 is 16.8 Å².